The number of carbonyl (C=O) groups is 2. The van der Waals surface area contributed by atoms with Crippen LogP contribution in [0.25, 0.3) is 0 Å². The van der Waals surface area contributed by atoms with Gasteiger partial charge in [0.2, 0.25) is 0 Å². The lowest BCUT2D eigenvalue weighted by Crippen LogP contribution is -2.15. The molecule has 3 N–H and O–H groups in total. The molecule has 0 radical (unpaired) electrons. The monoisotopic (exact) mass is 494 g/mol. The number of nitrogens with one attached hydrogen (secondary N) is 2. The summed E-state index contributed by atoms with van der Waals surface area (Å²) in [5.41, 5.74) is 0.575. The summed E-state index contributed by atoms with van der Waals surface area (Å²) in [5, 5.41) is 12.1. The lowest BCUT2D eigenvalue weighted by Gasteiger charge is -2.11. The maximum absolute atomic E-state index is 12.6. The van der Waals surface area contributed by atoms with Crippen molar-refractivity contribution >= 4 is 56.5 Å². The Kier molecular flexibility index (Phi) is 6.93. The van der Waals surface area contributed by atoms with Gasteiger partial charge < -0.3 is 15.2 Å². The van der Waals surface area contributed by atoms with E-state index in [1.165, 1.54) is 67.8 Å². The van der Waals surface area contributed by atoms with Gasteiger partial charge in [-0.3, -0.25) is 9.52 Å². The average molecular weight is 495 g/mol. The van der Waals surface area contributed by atoms with Gasteiger partial charge in [0.25, 0.3) is 15.9 Å². The number of ether oxygens (including phenoxy) is 1. The third-order valence-electron chi connectivity index (χ3n) is 4.27. The summed E-state index contributed by atoms with van der Waals surface area (Å²) in [7, 11) is -2.66. The van der Waals surface area contributed by atoms with Crippen LogP contribution in [-0.4, -0.2) is 32.5 Å². The van der Waals surface area contributed by atoms with Crippen LogP contribution >= 0.6 is 23.2 Å². The van der Waals surface area contributed by atoms with Crippen molar-refractivity contribution in [2.24, 2.45) is 0 Å². The fourth-order valence-corrected chi connectivity index (χ4v) is 4.17. The van der Waals surface area contributed by atoms with E-state index < -0.39 is 21.9 Å². The Hall–Kier alpha value is -3.27. The van der Waals surface area contributed by atoms with Crippen LogP contribution in [0.1, 0.15) is 20.7 Å². The first-order valence-corrected chi connectivity index (χ1v) is 11.2. The fourth-order valence-electron chi connectivity index (χ4n) is 2.73. The van der Waals surface area contributed by atoms with Gasteiger partial charge in [-0.05, 0) is 48.5 Å². The molecule has 32 heavy (non-hydrogen) atoms. The fraction of sp³-hybridized carbons (Fsp3) is 0.0476. The lowest BCUT2D eigenvalue weighted by atomic mass is 10.1. The largest absolute Gasteiger partial charge is 0.496 e. The van der Waals surface area contributed by atoms with Crippen LogP contribution in [-0.2, 0) is 10.0 Å². The summed E-state index contributed by atoms with van der Waals surface area (Å²) in [6.45, 7) is 0. The maximum atomic E-state index is 12.6. The highest BCUT2D eigenvalue weighted by atomic mass is 35.5. The molecule has 0 saturated heterocycles. The second kappa shape index (κ2) is 9.47. The van der Waals surface area contributed by atoms with E-state index in [0.717, 1.165) is 0 Å². The van der Waals surface area contributed by atoms with Crippen LogP contribution in [0.4, 0.5) is 11.4 Å². The predicted molar refractivity (Wildman–Crippen MR) is 122 cm³/mol. The van der Waals surface area contributed by atoms with Crippen LogP contribution in [0, 0.1) is 0 Å². The van der Waals surface area contributed by atoms with E-state index in [-0.39, 0.29) is 37.5 Å². The third kappa shape index (κ3) is 5.31. The normalized spacial score (nSPS) is 11.0. The number of amides is 1. The molecule has 0 spiro atoms. The molecule has 0 bridgehead atoms. The Morgan fingerprint density at radius 3 is 2.34 bits per heavy atom. The van der Waals surface area contributed by atoms with E-state index in [2.05, 4.69) is 10.0 Å². The van der Waals surface area contributed by atoms with Crippen LogP contribution in [0.2, 0.25) is 10.0 Å². The summed E-state index contributed by atoms with van der Waals surface area (Å²) in [4.78, 5) is 23.7. The first-order chi connectivity index (χ1) is 15.1. The highest BCUT2D eigenvalue weighted by Crippen LogP contribution is 2.27. The molecule has 0 aliphatic rings. The highest BCUT2D eigenvalue weighted by molar-refractivity contribution is 7.92. The van der Waals surface area contributed by atoms with Crippen molar-refractivity contribution in [2.45, 2.75) is 4.90 Å². The maximum Gasteiger partial charge on any atom is 0.339 e. The molecule has 3 rings (SSSR count). The summed E-state index contributed by atoms with van der Waals surface area (Å²) < 4.78 is 32.7. The van der Waals surface area contributed by atoms with Gasteiger partial charge in [0.1, 0.15) is 11.3 Å². The van der Waals surface area contributed by atoms with E-state index in [1.807, 2.05) is 0 Å². The topological polar surface area (TPSA) is 122 Å². The number of hydrogen-bond acceptors (Lipinski definition) is 5. The van der Waals surface area contributed by atoms with Gasteiger partial charge in [0.05, 0.1) is 22.1 Å². The van der Waals surface area contributed by atoms with Crippen LogP contribution < -0.4 is 14.8 Å². The Morgan fingerprint density at radius 2 is 1.69 bits per heavy atom. The molecule has 3 aromatic rings. The number of aromatic carboxylic acids is 1. The summed E-state index contributed by atoms with van der Waals surface area (Å²) in [6, 6.07) is 13.8. The number of halogens is 2. The van der Waals surface area contributed by atoms with E-state index in [1.54, 1.807) is 0 Å². The van der Waals surface area contributed by atoms with Gasteiger partial charge in [0, 0.05) is 23.0 Å². The number of carboxylic acids is 1. The van der Waals surface area contributed by atoms with E-state index in [9.17, 15) is 18.0 Å². The van der Waals surface area contributed by atoms with Gasteiger partial charge in [0.15, 0.2) is 0 Å². The quantitative estimate of drug-likeness (QED) is 0.435. The van der Waals surface area contributed by atoms with Gasteiger partial charge in [-0.2, -0.15) is 0 Å². The van der Waals surface area contributed by atoms with E-state index in [4.69, 9.17) is 33.0 Å². The molecule has 0 saturated carbocycles. The molecule has 1 amide bonds. The summed E-state index contributed by atoms with van der Waals surface area (Å²) in [5.74, 6) is -1.62. The first kappa shape index (κ1) is 23.4. The Labute approximate surface area is 193 Å². The molecule has 0 unspecified atom stereocenters. The minimum absolute atomic E-state index is 0.0517. The van der Waals surface area contributed by atoms with Crippen molar-refractivity contribution in [3.63, 3.8) is 0 Å². The second-order valence-corrected chi connectivity index (χ2v) is 8.93. The highest BCUT2D eigenvalue weighted by Gasteiger charge is 2.17. The number of anilines is 2. The smallest absolute Gasteiger partial charge is 0.339 e. The molecular weight excluding hydrogens is 479 g/mol. The summed E-state index contributed by atoms with van der Waals surface area (Å²) >= 11 is 11.7. The number of rotatable bonds is 7. The predicted octanol–water partition coefficient (Wildman–Crippen LogP) is 4.75. The van der Waals surface area contributed by atoms with Crippen LogP contribution in [0.3, 0.4) is 0 Å². The van der Waals surface area contributed by atoms with Crippen LogP contribution in [0.15, 0.2) is 65.6 Å². The number of methoxy groups -OCH3 is 1. The molecule has 11 heteroatoms. The van der Waals surface area contributed by atoms with E-state index >= 15 is 0 Å². The van der Waals surface area contributed by atoms with Gasteiger partial charge in [-0.25, -0.2) is 13.2 Å². The third-order valence-corrected chi connectivity index (χ3v) is 6.39. The van der Waals surface area contributed by atoms with Gasteiger partial charge in [-0.15, -0.1) is 0 Å². The number of sulfonamides is 1. The van der Waals surface area contributed by atoms with Crippen LogP contribution in [0.5, 0.6) is 5.75 Å². The molecule has 0 fully saturated rings. The number of carboxylic acid groups (broad SMARTS) is 1. The molecule has 0 heterocycles. The number of hydrogen-bond donors (Lipinski definition) is 3. The minimum atomic E-state index is -3.97. The van der Waals surface area contributed by atoms with Gasteiger partial charge >= 0.3 is 5.97 Å². The van der Waals surface area contributed by atoms with Gasteiger partial charge in [-0.1, -0.05) is 29.3 Å². The zero-order valence-electron chi connectivity index (χ0n) is 16.4. The van der Waals surface area contributed by atoms with Crippen molar-refractivity contribution in [1.29, 1.82) is 0 Å². The molecule has 3 aromatic carbocycles. The lowest BCUT2D eigenvalue weighted by molar-refractivity contribution is 0.0693. The number of benzene rings is 3. The molecule has 166 valence electrons. The van der Waals surface area contributed by atoms with Crippen molar-refractivity contribution < 1.29 is 27.9 Å². The zero-order valence-corrected chi connectivity index (χ0v) is 18.8. The summed E-state index contributed by atoms with van der Waals surface area (Å²) in [6.07, 6.45) is 0. The zero-order chi connectivity index (χ0) is 23.5. The standard InChI is InChI=1S/C21H16Cl2N2O6S/c1-31-19-10-13(5-7-16(19)21(27)28)24-20(26)12-3-2-4-14(9-12)25-32(29,30)15-6-8-17(22)18(23)11-15/h2-11,25H,1H3,(H,24,26)(H,27,28). The molecule has 8 nitrogen and oxygen atoms in total. The van der Waals surface area contributed by atoms with Crippen molar-refractivity contribution in [3.05, 3.63) is 81.8 Å². The van der Waals surface area contributed by atoms with Crippen molar-refractivity contribution in [3.8, 4) is 5.75 Å². The average Bonchev–Trinajstić information content (AvgIpc) is 2.75. The first-order valence-electron chi connectivity index (χ1n) is 8.91. The number of carbonyl (C=O) groups excluding carboxylic acids is 1. The molecule has 0 aliphatic carbocycles. The Morgan fingerprint density at radius 1 is 0.938 bits per heavy atom. The molecule has 0 aromatic heterocycles. The van der Waals surface area contributed by atoms with Crippen molar-refractivity contribution in [2.75, 3.05) is 17.1 Å². The second-order valence-electron chi connectivity index (χ2n) is 6.44. The molecular formula is C21H16Cl2N2O6S. The SMILES string of the molecule is COc1cc(NC(=O)c2cccc(NS(=O)(=O)c3ccc(Cl)c(Cl)c3)c2)ccc1C(=O)O. The molecule has 0 atom stereocenters. The minimum Gasteiger partial charge on any atom is -0.496 e. The Balaban J connectivity index is 1.80. The van der Waals surface area contributed by atoms with Crippen molar-refractivity contribution in [1.82, 2.24) is 0 Å². The Bertz CT molecular complexity index is 1310. The molecule has 0 aliphatic heterocycles. The van der Waals surface area contributed by atoms with E-state index in [0.29, 0.717) is 5.69 Å².